The van der Waals surface area contributed by atoms with Gasteiger partial charge in [0.15, 0.2) is 6.61 Å². The van der Waals surface area contributed by atoms with Crippen molar-refractivity contribution in [3.63, 3.8) is 0 Å². The van der Waals surface area contributed by atoms with E-state index in [1.54, 1.807) is 31.5 Å². The van der Waals surface area contributed by atoms with E-state index >= 15 is 0 Å². The number of aromatic amines is 1. The molecule has 0 bridgehead atoms. The zero-order valence-electron chi connectivity index (χ0n) is 15.4. The number of rotatable bonds is 7. The van der Waals surface area contributed by atoms with E-state index < -0.39 is 0 Å². The SMILES string of the molecule is COc1ccc(-c2[nH]ncc2/C=N/NC(=O)COc2ccc(Cl)cc2C)cc1. The lowest BCUT2D eigenvalue weighted by Gasteiger charge is -2.08. The number of carbonyl (C=O) groups is 1. The molecule has 1 heterocycles. The Bertz CT molecular complexity index is 983. The number of H-pyrrole nitrogens is 1. The molecule has 7 nitrogen and oxygen atoms in total. The molecule has 0 fully saturated rings. The van der Waals surface area contributed by atoms with E-state index in [1.165, 1.54) is 6.21 Å². The number of hydrazone groups is 1. The van der Waals surface area contributed by atoms with Crippen LogP contribution in [0, 0.1) is 6.92 Å². The molecule has 1 aromatic heterocycles. The summed E-state index contributed by atoms with van der Waals surface area (Å²) in [6, 6.07) is 12.7. The van der Waals surface area contributed by atoms with Gasteiger partial charge in [-0.15, -0.1) is 0 Å². The molecule has 2 aromatic carbocycles. The highest BCUT2D eigenvalue weighted by Crippen LogP contribution is 2.23. The first-order valence-corrected chi connectivity index (χ1v) is 8.83. The summed E-state index contributed by atoms with van der Waals surface area (Å²) in [5.74, 6) is 0.988. The van der Waals surface area contributed by atoms with Gasteiger partial charge in [-0.25, -0.2) is 5.43 Å². The summed E-state index contributed by atoms with van der Waals surface area (Å²) in [6.07, 6.45) is 3.15. The molecule has 0 aliphatic rings. The van der Waals surface area contributed by atoms with E-state index in [0.717, 1.165) is 28.1 Å². The maximum atomic E-state index is 11.9. The van der Waals surface area contributed by atoms with Gasteiger partial charge in [0.05, 0.1) is 25.2 Å². The van der Waals surface area contributed by atoms with Crippen LogP contribution in [0.3, 0.4) is 0 Å². The smallest absolute Gasteiger partial charge is 0.277 e. The third-order valence-corrected chi connectivity index (χ3v) is 4.17. The first kappa shape index (κ1) is 19.4. The van der Waals surface area contributed by atoms with Crippen LogP contribution in [0.2, 0.25) is 5.02 Å². The molecule has 0 saturated heterocycles. The summed E-state index contributed by atoms with van der Waals surface area (Å²) in [7, 11) is 1.62. The van der Waals surface area contributed by atoms with E-state index in [9.17, 15) is 4.79 Å². The molecular weight excluding hydrogens is 380 g/mol. The molecule has 0 spiro atoms. The minimum absolute atomic E-state index is 0.156. The standard InChI is InChI=1S/C20H19ClN4O3/c1-13-9-16(21)5-8-18(13)28-12-19(26)24-22-10-15-11-23-25-20(15)14-3-6-17(27-2)7-4-14/h3-11H,12H2,1-2H3,(H,23,25)(H,24,26)/b22-10+. The molecular formula is C20H19ClN4O3. The fourth-order valence-electron chi connectivity index (χ4n) is 2.51. The van der Waals surface area contributed by atoms with E-state index in [0.29, 0.717) is 10.8 Å². The van der Waals surface area contributed by atoms with Gasteiger partial charge in [-0.3, -0.25) is 9.89 Å². The number of nitrogens with zero attached hydrogens (tertiary/aromatic N) is 2. The van der Waals surface area contributed by atoms with Gasteiger partial charge in [0.2, 0.25) is 0 Å². The Morgan fingerprint density at radius 3 is 2.79 bits per heavy atom. The first-order chi connectivity index (χ1) is 13.6. The Morgan fingerprint density at radius 1 is 1.29 bits per heavy atom. The van der Waals surface area contributed by atoms with E-state index in [4.69, 9.17) is 21.1 Å². The molecule has 0 aliphatic heterocycles. The number of aromatic nitrogens is 2. The molecule has 2 N–H and O–H groups in total. The van der Waals surface area contributed by atoms with Crippen molar-refractivity contribution in [3.8, 4) is 22.8 Å². The average Bonchev–Trinajstić information content (AvgIpc) is 3.16. The maximum Gasteiger partial charge on any atom is 0.277 e. The van der Waals surface area contributed by atoms with Crippen molar-refractivity contribution in [2.45, 2.75) is 6.92 Å². The number of amides is 1. The lowest BCUT2D eigenvalue weighted by Crippen LogP contribution is -2.24. The highest BCUT2D eigenvalue weighted by Gasteiger charge is 2.07. The minimum atomic E-state index is -0.375. The van der Waals surface area contributed by atoms with Gasteiger partial charge < -0.3 is 9.47 Å². The monoisotopic (exact) mass is 398 g/mol. The quantitative estimate of drug-likeness (QED) is 0.470. The van der Waals surface area contributed by atoms with E-state index in [2.05, 4.69) is 20.7 Å². The van der Waals surface area contributed by atoms with Crippen LogP contribution in [-0.4, -0.2) is 36.0 Å². The lowest BCUT2D eigenvalue weighted by atomic mass is 10.1. The largest absolute Gasteiger partial charge is 0.497 e. The van der Waals surface area contributed by atoms with Crippen LogP contribution in [-0.2, 0) is 4.79 Å². The van der Waals surface area contributed by atoms with Crippen molar-refractivity contribution in [2.75, 3.05) is 13.7 Å². The van der Waals surface area contributed by atoms with Gasteiger partial charge in [0.1, 0.15) is 11.5 Å². The lowest BCUT2D eigenvalue weighted by molar-refractivity contribution is -0.123. The molecule has 0 aliphatic carbocycles. The van der Waals surface area contributed by atoms with Crippen molar-refractivity contribution in [2.24, 2.45) is 5.10 Å². The van der Waals surface area contributed by atoms with E-state index in [1.807, 2.05) is 31.2 Å². The predicted molar refractivity (Wildman–Crippen MR) is 108 cm³/mol. The summed E-state index contributed by atoms with van der Waals surface area (Å²) < 4.78 is 10.6. The van der Waals surface area contributed by atoms with Crippen molar-refractivity contribution in [3.05, 3.63) is 64.8 Å². The van der Waals surface area contributed by atoms with E-state index in [-0.39, 0.29) is 12.5 Å². The second-order valence-corrected chi connectivity index (χ2v) is 6.36. The molecule has 0 unspecified atom stereocenters. The number of aryl methyl sites for hydroxylation is 1. The van der Waals surface area contributed by atoms with Crippen LogP contribution in [0.5, 0.6) is 11.5 Å². The minimum Gasteiger partial charge on any atom is -0.497 e. The number of hydrogen-bond donors (Lipinski definition) is 2. The molecule has 0 saturated carbocycles. The predicted octanol–water partition coefficient (Wildman–Crippen LogP) is 3.58. The van der Waals surface area contributed by atoms with Crippen LogP contribution in [0.25, 0.3) is 11.3 Å². The fraction of sp³-hybridized carbons (Fsp3) is 0.150. The molecule has 1 amide bonds. The van der Waals surface area contributed by atoms with Crippen LogP contribution >= 0.6 is 11.6 Å². The summed E-state index contributed by atoms with van der Waals surface area (Å²) in [5, 5.41) is 11.6. The number of hydrogen-bond acceptors (Lipinski definition) is 5. The summed E-state index contributed by atoms with van der Waals surface area (Å²) >= 11 is 5.90. The van der Waals surface area contributed by atoms with Crippen LogP contribution in [0.1, 0.15) is 11.1 Å². The average molecular weight is 399 g/mol. The first-order valence-electron chi connectivity index (χ1n) is 8.45. The van der Waals surface area contributed by atoms with Crippen molar-refractivity contribution < 1.29 is 14.3 Å². The Labute approximate surface area is 167 Å². The van der Waals surface area contributed by atoms with Crippen molar-refractivity contribution in [1.82, 2.24) is 15.6 Å². The Balaban J connectivity index is 1.57. The molecule has 144 valence electrons. The topological polar surface area (TPSA) is 88.6 Å². The van der Waals surface area contributed by atoms with Crippen LogP contribution < -0.4 is 14.9 Å². The zero-order chi connectivity index (χ0) is 19.9. The fourth-order valence-corrected chi connectivity index (χ4v) is 2.73. The number of methoxy groups -OCH3 is 1. The van der Waals surface area contributed by atoms with Gasteiger partial charge >= 0.3 is 0 Å². The van der Waals surface area contributed by atoms with Gasteiger partial charge in [0, 0.05) is 16.1 Å². The van der Waals surface area contributed by atoms with Crippen molar-refractivity contribution in [1.29, 1.82) is 0 Å². The summed E-state index contributed by atoms with van der Waals surface area (Å²) in [6.45, 7) is 1.70. The third-order valence-electron chi connectivity index (χ3n) is 3.94. The molecule has 0 atom stereocenters. The van der Waals surface area contributed by atoms with Crippen molar-refractivity contribution >= 4 is 23.7 Å². The molecule has 3 rings (SSSR count). The highest BCUT2D eigenvalue weighted by atomic mass is 35.5. The van der Waals surface area contributed by atoms with Crippen LogP contribution in [0.15, 0.2) is 53.8 Å². The summed E-state index contributed by atoms with van der Waals surface area (Å²) in [4.78, 5) is 11.9. The highest BCUT2D eigenvalue weighted by molar-refractivity contribution is 6.30. The maximum absolute atomic E-state index is 11.9. The van der Waals surface area contributed by atoms with Gasteiger partial charge in [-0.05, 0) is 55.0 Å². The zero-order valence-corrected chi connectivity index (χ0v) is 16.2. The molecule has 28 heavy (non-hydrogen) atoms. The molecule has 8 heteroatoms. The molecule has 3 aromatic rings. The number of benzene rings is 2. The Morgan fingerprint density at radius 2 is 2.07 bits per heavy atom. The normalized spacial score (nSPS) is 10.8. The van der Waals surface area contributed by atoms with Gasteiger partial charge in [-0.2, -0.15) is 10.2 Å². The second-order valence-electron chi connectivity index (χ2n) is 5.92. The summed E-state index contributed by atoms with van der Waals surface area (Å²) in [5.41, 5.74) is 5.74. The molecule has 0 radical (unpaired) electrons. The van der Waals surface area contributed by atoms with Gasteiger partial charge in [0.25, 0.3) is 5.91 Å². The second kappa shape index (κ2) is 9.05. The third kappa shape index (κ3) is 4.89. The van der Waals surface area contributed by atoms with Gasteiger partial charge in [-0.1, -0.05) is 11.6 Å². The Hall–Kier alpha value is -3.32. The number of ether oxygens (including phenoxy) is 2. The number of halogens is 1. The number of carbonyl (C=O) groups excluding carboxylic acids is 1. The Kier molecular flexibility index (Phi) is 6.29. The van der Waals surface area contributed by atoms with Crippen LogP contribution in [0.4, 0.5) is 0 Å². The number of nitrogens with one attached hydrogen (secondary N) is 2.